The Kier molecular flexibility index (Phi) is 4.35. The lowest BCUT2D eigenvalue weighted by atomic mass is 9.91. The van der Waals surface area contributed by atoms with Crippen LogP contribution in [-0.2, 0) is 11.2 Å². The van der Waals surface area contributed by atoms with Crippen LogP contribution in [0.15, 0.2) is 60.6 Å². The fourth-order valence-corrected chi connectivity index (χ4v) is 5.14. The average Bonchev–Trinajstić information content (AvgIpc) is 3.48. The number of para-hydroxylation sites is 3. The SMILES string of the molecule is [2H]c1ccc2nc(C)n(-c3cccc4c3OC[C@@H]4Cc3ccc4c(c3)OC[C@H]4CC(=O)O)c2c1. The summed E-state index contributed by atoms with van der Waals surface area (Å²) in [6.45, 7) is 2.97. The molecule has 3 heterocycles. The molecule has 2 atom stereocenters. The fourth-order valence-electron chi connectivity index (χ4n) is 5.14. The van der Waals surface area contributed by atoms with Crippen LogP contribution >= 0.6 is 0 Å². The van der Waals surface area contributed by atoms with Gasteiger partial charge in [0.05, 0.1) is 37.7 Å². The maximum Gasteiger partial charge on any atom is 0.304 e. The first kappa shape index (κ1) is 18.7. The Morgan fingerprint density at radius 1 is 1.12 bits per heavy atom. The van der Waals surface area contributed by atoms with Gasteiger partial charge in [-0.3, -0.25) is 9.36 Å². The molecule has 0 spiro atoms. The summed E-state index contributed by atoms with van der Waals surface area (Å²) in [4.78, 5) is 15.8. The van der Waals surface area contributed by atoms with Crippen molar-refractivity contribution < 1.29 is 20.7 Å². The van der Waals surface area contributed by atoms with Crippen molar-refractivity contribution in [3.05, 3.63) is 83.2 Å². The van der Waals surface area contributed by atoms with E-state index < -0.39 is 5.97 Å². The van der Waals surface area contributed by atoms with E-state index in [0.717, 1.165) is 57.2 Å². The van der Waals surface area contributed by atoms with E-state index in [0.29, 0.717) is 19.3 Å². The van der Waals surface area contributed by atoms with Crippen molar-refractivity contribution in [2.45, 2.75) is 31.6 Å². The number of hydrogen-bond donors (Lipinski definition) is 1. The summed E-state index contributed by atoms with van der Waals surface area (Å²) in [6.07, 6.45) is 0.889. The smallest absolute Gasteiger partial charge is 0.304 e. The summed E-state index contributed by atoms with van der Waals surface area (Å²) in [5, 5.41) is 9.13. The third-order valence-electron chi connectivity index (χ3n) is 6.66. The first-order chi connectivity index (χ1) is 16.5. The molecule has 1 aromatic heterocycles. The number of aromatic nitrogens is 2. The predicted molar refractivity (Wildman–Crippen MR) is 125 cm³/mol. The number of carbonyl (C=O) groups is 1. The number of ether oxygens (including phenoxy) is 2. The van der Waals surface area contributed by atoms with E-state index in [4.69, 9.17) is 16.0 Å². The van der Waals surface area contributed by atoms with E-state index in [1.807, 2.05) is 43.3 Å². The van der Waals surface area contributed by atoms with Crippen LogP contribution in [-0.4, -0.2) is 33.8 Å². The molecule has 0 saturated carbocycles. The number of benzene rings is 3. The maximum absolute atomic E-state index is 11.1. The van der Waals surface area contributed by atoms with Gasteiger partial charge >= 0.3 is 5.97 Å². The standard InChI is InChI=1S/C27H24N2O4/c1-16-28-22-6-2-3-7-23(22)29(16)24-8-4-5-21-18(15-33-27(21)24)11-17-9-10-20-19(13-26(30)31)14-32-25(20)12-17/h2-10,12,18-19H,11,13-15H2,1H3,(H,30,31)/t18-,19+/m0/s1/i3D. The molecule has 0 amide bonds. The summed E-state index contributed by atoms with van der Waals surface area (Å²) >= 11 is 0. The van der Waals surface area contributed by atoms with Gasteiger partial charge in [0.15, 0.2) is 0 Å². The van der Waals surface area contributed by atoms with Crippen molar-refractivity contribution in [3.63, 3.8) is 0 Å². The Balaban J connectivity index is 1.31. The minimum atomic E-state index is -0.805. The van der Waals surface area contributed by atoms with Gasteiger partial charge in [0.25, 0.3) is 0 Å². The number of hydrogen-bond acceptors (Lipinski definition) is 4. The molecule has 2 aliphatic heterocycles. The first-order valence-corrected chi connectivity index (χ1v) is 11.2. The number of carboxylic acids is 1. The van der Waals surface area contributed by atoms with Gasteiger partial charge in [0.2, 0.25) is 0 Å². The van der Waals surface area contributed by atoms with E-state index in [9.17, 15) is 4.79 Å². The van der Waals surface area contributed by atoms with Crippen molar-refractivity contribution in [2.24, 2.45) is 0 Å². The van der Waals surface area contributed by atoms with E-state index in [2.05, 4.69) is 21.7 Å². The predicted octanol–water partition coefficient (Wildman–Crippen LogP) is 5.00. The van der Waals surface area contributed by atoms with E-state index >= 15 is 0 Å². The molecule has 6 nitrogen and oxygen atoms in total. The highest BCUT2D eigenvalue weighted by Crippen LogP contribution is 2.43. The van der Waals surface area contributed by atoms with Crippen LogP contribution in [0.5, 0.6) is 11.5 Å². The topological polar surface area (TPSA) is 73.6 Å². The zero-order chi connectivity index (χ0) is 23.4. The average molecular weight is 442 g/mol. The van der Waals surface area contributed by atoms with Crippen LogP contribution in [0.25, 0.3) is 16.7 Å². The minimum Gasteiger partial charge on any atom is -0.493 e. The second-order valence-corrected chi connectivity index (χ2v) is 8.79. The summed E-state index contributed by atoms with van der Waals surface area (Å²) < 4.78 is 22.1. The molecule has 0 unspecified atom stereocenters. The molecular weight excluding hydrogens is 416 g/mol. The van der Waals surface area contributed by atoms with Gasteiger partial charge < -0.3 is 14.6 Å². The third-order valence-corrected chi connectivity index (χ3v) is 6.66. The molecular formula is C27H24N2O4. The van der Waals surface area contributed by atoms with Gasteiger partial charge in [0, 0.05) is 23.0 Å². The fraction of sp³-hybridized carbons (Fsp3) is 0.259. The zero-order valence-corrected chi connectivity index (χ0v) is 18.2. The van der Waals surface area contributed by atoms with Crippen LogP contribution in [0.2, 0.25) is 0 Å². The minimum absolute atomic E-state index is 0.0860. The van der Waals surface area contributed by atoms with Crippen molar-refractivity contribution >= 4 is 17.0 Å². The molecule has 0 aliphatic carbocycles. The van der Waals surface area contributed by atoms with Crippen molar-refractivity contribution in [1.82, 2.24) is 9.55 Å². The molecule has 6 heteroatoms. The Bertz CT molecular complexity index is 1440. The number of nitrogens with zero attached hydrogens (tertiary/aromatic N) is 2. The van der Waals surface area contributed by atoms with Gasteiger partial charge in [0.1, 0.15) is 17.3 Å². The molecule has 3 aromatic carbocycles. The number of aryl methyl sites for hydroxylation is 1. The van der Waals surface area contributed by atoms with Gasteiger partial charge in [-0.1, -0.05) is 36.4 Å². The van der Waals surface area contributed by atoms with Crippen LogP contribution in [0.3, 0.4) is 0 Å². The van der Waals surface area contributed by atoms with E-state index in [1.54, 1.807) is 6.07 Å². The molecule has 6 rings (SSSR count). The first-order valence-electron chi connectivity index (χ1n) is 11.7. The van der Waals surface area contributed by atoms with Crippen LogP contribution in [0, 0.1) is 6.92 Å². The highest BCUT2D eigenvalue weighted by molar-refractivity contribution is 5.79. The molecule has 0 fully saturated rings. The normalized spacial score (nSPS) is 19.0. The zero-order valence-electron chi connectivity index (χ0n) is 19.2. The quantitative estimate of drug-likeness (QED) is 0.472. The summed E-state index contributed by atoms with van der Waals surface area (Å²) in [5.74, 6) is 1.82. The van der Waals surface area contributed by atoms with Crippen LogP contribution < -0.4 is 9.47 Å². The van der Waals surface area contributed by atoms with Gasteiger partial charge in [-0.15, -0.1) is 0 Å². The molecule has 33 heavy (non-hydrogen) atoms. The molecule has 166 valence electrons. The number of rotatable bonds is 5. The number of aliphatic carboxylic acids is 1. The maximum atomic E-state index is 11.1. The Morgan fingerprint density at radius 3 is 2.88 bits per heavy atom. The molecule has 1 N–H and O–H groups in total. The molecule has 4 aromatic rings. The molecule has 0 bridgehead atoms. The Labute approximate surface area is 192 Å². The van der Waals surface area contributed by atoms with Gasteiger partial charge in [-0.2, -0.15) is 0 Å². The number of carboxylic acid groups (broad SMARTS) is 1. The second kappa shape index (κ2) is 7.66. The highest BCUT2D eigenvalue weighted by atomic mass is 16.5. The van der Waals surface area contributed by atoms with Crippen LogP contribution in [0.1, 0.15) is 42.1 Å². The largest absolute Gasteiger partial charge is 0.493 e. The summed E-state index contributed by atoms with van der Waals surface area (Å²) in [7, 11) is 0. The van der Waals surface area contributed by atoms with E-state index in [1.165, 1.54) is 0 Å². The molecule has 0 radical (unpaired) electrons. The lowest BCUT2D eigenvalue weighted by Crippen LogP contribution is -2.07. The van der Waals surface area contributed by atoms with Gasteiger partial charge in [-0.05, 0) is 43.2 Å². The lowest BCUT2D eigenvalue weighted by molar-refractivity contribution is -0.137. The summed E-state index contributed by atoms with van der Waals surface area (Å²) in [6, 6.07) is 18.3. The Morgan fingerprint density at radius 2 is 2.00 bits per heavy atom. The van der Waals surface area contributed by atoms with Gasteiger partial charge in [-0.25, -0.2) is 4.98 Å². The lowest BCUT2D eigenvalue weighted by Gasteiger charge is -2.13. The van der Waals surface area contributed by atoms with Crippen LogP contribution in [0.4, 0.5) is 0 Å². The second-order valence-electron chi connectivity index (χ2n) is 8.79. The monoisotopic (exact) mass is 441 g/mol. The number of fused-ring (bicyclic) bond motifs is 3. The van der Waals surface area contributed by atoms with Crippen molar-refractivity contribution in [1.29, 1.82) is 0 Å². The van der Waals surface area contributed by atoms with E-state index in [-0.39, 0.29) is 18.3 Å². The highest BCUT2D eigenvalue weighted by Gasteiger charge is 2.30. The molecule has 0 saturated heterocycles. The van der Waals surface area contributed by atoms with Crippen molar-refractivity contribution in [2.75, 3.05) is 13.2 Å². The van der Waals surface area contributed by atoms with Crippen molar-refractivity contribution in [3.8, 4) is 17.2 Å². The molecule has 2 aliphatic rings. The third kappa shape index (κ3) is 3.33. The Hall–Kier alpha value is -3.80. The number of imidazole rings is 1. The summed E-state index contributed by atoms with van der Waals surface area (Å²) in [5.41, 5.74) is 5.99.